The molecular formula is C13H18N4O2. The minimum absolute atomic E-state index is 0.157. The minimum atomic E-state index is -0.561. The molecule has 2 rings (SSSR count). The highest BCUT2D eigenvalue weighted by molar-refractivity contribution is 5.93. The van der Waals surface area contributed by atoms with Crippen molar-refractivity contribution in [2.24, 2.45) is 0 Å². The van der Waals surface area contributed by atoms with Gasteiger partial charge in [0.2, 0.25) is 5.91 Å². The number of urea groups is 1. The van der Waals surface area contributed by atoms with Gasteiger partial charge in [-0.05, 0) is 44.0 Å². The van der Waals surface area contributed by atoms with Gasteiger partial charge in [0.25, 0.3) is 0 Å². The third kappa shape index (κ3) is 4.17. The summed E-state index contributed by atoms with van der Waals surface area (Å²) in [5.41, 5.74) is 6.80. The van der Waals surface area contributed by atoms with Crippen molar-refractivity contribution in [2.75, 3.05) is 11.1 Å². The molecule has 0 spiro atoms. The number of rotatable bonds is 4. The zero-order valence-corrected chi connectivity index (χ0v) is 10.8. The summed E-state index contributed by atoms with van der Waals surface area (Å²) in [6.45, 7) is 1.65. The van der Waals surface area contributed by atoms with E-state index in [0.29, 0.717) is 11.4 Å². The van der Waals surface area contributed by atoms with Crippen LogP contribution >= 0.6 is 0 Å². The third-order valence-electron chi connectivity index (χ3n) is 2.83. The van der Waals surface area contributed by atoms with E-state index in [1.165, 1.54) is 0 Å². The third-order valence-corrected chi connectivity index (χ3v) is 2.83. The molecule has 1 aliphatic carbocycles. The standard InChI is InChI=1S/C13H18N4O2/c1-8(12(18)16-10-6-7-10)15-13(19)17-11-4-2-9(14)3-5-11/h2-5,8,10H,6-7,14H2,1H3,(H,16,18)(H2,15,17,19). The first-order chi connectivity index (χ1) is 9.04. The second kappa shape index (κ2) is 5.60. The normalized spacial score (nSPS) is 15.4. The topological polar surface area (TPSA) is 96.2 Å². The Morgan fingerprint density at radius 2 is 1.89 bits per heavy atom. The lowest BCUT2D eigenvalue weighted by Crippen LogP contribution is -2.46. The van der Waals surface area contributed by atoms with Crippen molar-refractivity contribution in [3.05, 3.63) is 24.3 Å². The van der Waals surface area contributed by atoms with Crippen LogP contribution in [0, 0.1) is 0 Å². The van der Waals surface area contributed by atoms with Crippen molar-refractivity contribution in [3.63, 3.8) is 0 Å². The molecule has 19 heavy (non-hydrogen) atoms. The van der Waals surface area contributed by atoms with Crippen LogP contribution in [-0.4, -0.2) is 24.0 Å². The number of benzene rings is 1. The van der Waals surface area contributed by atoms with Gasteiger partial charge in [-0.2, -0.15) is 0 Å². The summed E-state index contributed by atoms with van der Waals surface area (Å²) in [5, 5.41) is 8.05. The summed E-state index contributed by atoms with van der Waals surface area (Å²) >= 11 is 0. The molecular weight excluding hydrogens is 244 g/mol. The van der Waals surface area contributed by atoms with E-state index in [1.54, 1.807) is 31.2 Å². The Balaban J connectivity index is 1.79. The van der Waals surface area contributed by atoms with Crippen LogP contribution in [0.25, 0.3) is 0 Å². The molecule has 1 saturated carbocycles. The number of nitrogen functional groups attached to an aromatic ring is 1. The Morgan fingerprint density at radius 1 is 1.26 bits per heavy atom. The van der Waals surface area contributed by atoms with Crippen molar-refractivity contribution in [3.8, 4) is 0 Å². The number of carbonyl (C=O) groups excluding carboxylic acids is 2. The summed E-state index contributed by atoms with van der Waals surface area (Å²) in [6, 6.07) is 6.10. The smallest absolute Gasteiger partial charge is 0.319 e. The van der Waals surface area contributed by atoms with Gasteiger partial charge in [0.15, 0.2) is 0 Å². The average molecular weight is 262 g/mol. The van der Waals surface area contributed by atoms with Gasteiger partial charge in [0, 0.05) is 17.4 Å². The summed E-state index contributed by atoms with van der Waals surface area (Å²) in [4.78, 5) is 23.3. The molecule has 6 heteroatoms. The van der Waals surface area contributed by atoms with Crippen LogP contribution in [0.4, 0.5) is 16.2 Å². The molecule has 5 N–H and O–H groups in total. The second-order valence-corrected chi connectivity index (χ2v) is 4.73. The maximum Gasteiger partial charge on any atom is 0.319 e. The van der Waals surface area contributed by atoms with Gasteiger partial charge in [0.05, 0.1) is 0 Å². The summed E-state index contributed by atoms with van der Waals surface area (Å²) in [6.07, 6.45) is 2.05. The van der Waals surface area contributed by atoms with E-state index in [1.807, 2.05) is 0 Å². The van der Waals surface area contributed by atoms with Crippen LogP contribution in [0.2, 0.25) is 0 Å². The highest BCUT2D eigenvalue weighted by Gasteiger charge is 2.26. The van der Waals surface area contributed by atoms with Crippen molar-refractivity contribution in [1.82, 2.24) is 10.6 Å². The van der Waals surface area contributed by atoms with Gasteiger partial charge in [-0.3, -0.25) is 4.79 Å². The van der Waals surface area contributed by atoms with E-state index in [2.05, 4.69) is 16.0 Å². The van der Waals surface area contributed by atoms with Gasteiger partial charge in [-0.25, -0.2) is 4.79 Å². The minimum Gasteiger partial charge on any atom is -0.399 e. The summed E-state index contributed by atoms with van der Waals surface area (Å²) in [7, 11) is 0. The van der Waals surface area contributed by atoms with Gasteiger partial charge >= 0.3 is 6.03 Å². The van der Waals surface area contributed by atoms with Crippen LogP contribution in [0.1, 0.15) is 19.8 Å². The van der Waals surface area contributed by atoms with Crippen molar-refractivity contribution < 1.29 is 9.59 Å². The number of anilines is 2. The molecule has 0 saturated heterocycles. The highest BCUT2D eigenvalue weighted by atomic mass is 16.2. The van der Waals surface area contributed by atoms with Crippen molar-refractivity contribution in [1.29, 1.82) is 0 Å². The first-order valence-corrected chi connectivity index (χ1v) is 6.28. The molecule has 1 aliphatic rings. The molecule has 1 unspecified atom stereocenters. The number of hydrogen-bond acceptors (Lipinski definition) is 3. The quantitative estimate of drug-likeness (QED) is 0.611. The SMILES string of the molecule is CC(NC(=O)Nc1ccc(N)cc1)C(=O)NC1CC1. The van der Waals surface area contributed by atoms with Crippen molar-refractivity contribution >= 4 is 23.3 Å². The zero-order chi connectivity index (χ0) is 13.8. The van der Waals surface area contributed by atoms with Crippen LogP contribution in [0.5, 0.6) is 0 Å². The van der Waals surface area contributed by atoms with Gasteiger partial charge in [0.1, 0.15) is 6.04 Å². The van der Waals surface area contributed by atoms with Gasteiger partial charge in [-0.15, -0.1) is 0 Å². The molecule has 0 heterocycles. The van der Waals surface area contributed by atoms with Crippen molar-refractivity contribution in [2.45, 2.75) is 31.8 Å². The van der Waals surface area contributed by atoms with E-state index >= 15 is 0 Å². The second-order valence-electron chi connectivity index (χ2n) is 4.73. The van der Waals surface area contributed by atoms with E-state index in [4.69, 9.17) is 5.73 Å². The molecule has 0 aliphatic heterocycles. The van der Waals surface area contributed by atoms with Gasteiger partial charge < -0.3 is 21.7 Å². The molecule has 0 bridgehead atoms. The summed E-state index contributed by atoms with van der Waals surface area (Å²) in [5.74, 6) is -0.157. The molecule has 0 radical (unpaired) electrons. The van der Waals surface area contributed by atoms with Crippen LogP contribution in [0.3, 0.4) is 0 Å². The number of nitrogens with one attached hydrogen (secondary N) is 3. The molecule has 1 aromatic carbocycles. The fraction of sp³-hybridized carbons (Fsp3) is 0.385. The molecule has 3 amide bonds. The van der Waals surface area contributed by atoms with E-state index in [-0.39, 0.29) is 11.9 Å². The predicted molar refractivity (Wildman–Crippen MR) is 73.6 cm³/mol. The lowest BCUT2D eigenvalue weighted by atomic mass is 10.3. The van der Waals surface area contributed by atoms with Gasteiger partial charge in [-0.1, -0.05) is 0 Å². The first-order valence-electron chi connectivity index (χ1n) is 6.28. The fourth-order valence-electron chi connectivity index (χ4n) is 1.55. The number of nitrogens with two attached hydrogens (primary N) is 1. The Morgan fingerprint density at radius 3 is 2.47 bits per heavy atom. The molecule has 102 valence electrons. The predicted octanol–water partition coefficient (Wildman–Crippen LogP) is 1.06. The zero-order valence-electron chi connectivity index (χ0n) is 10.8. The molecule has 6 nitrogen and oxygen atoms in total. The number of hydrogen-bond donors (Lipinski definition) is 4. The lowest BCUT2D eigenvalue weighted by molar-refractivity contribution is -0.122. The highest BCUT2D eigenvalue weighted by Crippen LogP contribution is 2.18. The van der Waals surface area contributed by atoms with E-state index < -0.39 is 12.1 Å². The van der Waals surface area contributed by atoms with Crippen LogP contribution < -0.4 is 21.7 Å². The maximum atomic E-state index is 11.7. The molecule has 1 fully saturated rings. The Labute approximate surface area is 111 Å². The number of carbonyl (C=O) groups is 2. The fourth-order valence-corrected chi connectivity index (χ4v) is 1.55. The Bertz CT molecular complexity index is 468. The maximum absolute atomic E-state index is 11.7. The largest absolute Gasteiger partial charge is 0.399 e. The first kappa shape index (κ1) is 13.2. The van der Waals surface area contributed by atoms with Crippen LogP contribution in [-0.2, 0) is 4.79 Å². The van der Waals surface area contributed by atoms with Crippen LogP contribution in [0.15, 0.2) is 24.3 Å². The average Bonchev–Trinajstić information content (AvgIpc) is 3.16. The van der Waals surface area contributed by atoms with E-state index in [9.17, 15) is 9.59 Å². The lowest BCUT2D eigenvalue weighted by Gasteiger charge is -2.14. The Hall–Kier alpha value is -2.24. The number of amides is 3. The molecule has 1 aromatic rings. The molecule has 0 aromatic heterocycles. The Kier molecular flexibility index (Phi) is 3.89. The summed E-state index contributed by atoms with van der Waals surface area (Å²) < 4.78 is 0. The molecule has 1 atom stereocenters. The monoisotopic (exact) mass is 262 g/mol. The van der Waals surface area contributed by atoms with E-state index in [0.717, 1.165) is 12.8 Å².